The van der Waals surface area contributed by atoms with Crippen molar-refractivity contribution < 1.29 is 0 Å². The van der Waals surface area contributed by atoms with Gasteiger partial charge in [0.25, 0.3) is 0 Å². The van der Waals surface area contributed by atoms with Gasteiger partial charge in [-0.3, -0.25) is 0 Å². The Hall–Kier alpha value is -3.03. The molecular weight excluding hydrogens is 530 g/mol. The molecule has 1 nitrogen and oxygen atoms in total. The molecule has 0 atom stereocenters. The monoisotopic (exact) mass is 577 g/mol. The first-order valence-corrected chi connectivity index (χ1v) is 15.7. The van der Waals surface area contributed by atoms with Gasteiger partial charge in [-0.2, -0.15) is 0 Å². The third-order valence-electron chi connectivity index (χ3n) is 8.58. The molecule has 4 aromatic carbocycles. The number of hydrogen-bond donors (Lipinski definition) is 0. The van der Waals surface area contributed by atoms with E-state index in [1.807, 2.05) is 0 Å². The fourth-order valence-electron chi connectivity index (χ4n) is 6.75. The molecule has 5 rings (SSSR count). The maximum Gasteiger partial charge on any atom is 0.0556 e. The fourth-order valence-corrected chi connectivity index (χ4v) is 7.29. The number of fused-ring (bicyclic) bond motifs is 3. The van der Waals surface area contributed by atoms with Gasteiger partial charge in [0, 0.05) is 16.5 Å². The van der Waals surface area contributed by atoms with Gasteiger partial charge in [0.15, 0.2) is 0 Å². The van der Waals surface area contributed by atoms with Gasteiger partial charge in [0.1, 0.15) is 0 Å². The SMILES string of the molecule is CC(C)(C)CC(C)(C)c1cc(-c2ccccc2)cc(-n2c3ccc(C(C)(C)C)cc3c3c(Cl)c(C(C)(C)C)ccc32)c1. The second kappa shape index (κ2) is 10.3. The number of aromatic nitrogens is 1. The highest BCUT2D eigenvalue weighted by molar-refractivity contribution is 6.39. The summed E-state index contributed by atoms with van der Waals surface area (Å²) in [6.45, 7) is 25.4. The van der Waals surface area contributed by atoms with E-state index in [2.05, 4.69) is 160 Å². The summed E-state index contributed by atoms with van der Waals surface area (Å²) in [6.07, 6.45) is 1.08. The van der Waals surface area contributed by atoms with Crippen LogP contribution in [0.5, 0.6) is 0 Å². The van der Waals surface area contributed by atoms with Crippen LogP contribution in [-0.4, -0.2) is 4.57 Å². The highest BCUT2D eigenvalue weighted by Crippen LogP contribution is 2.44. The summed E-state index contributed by atoms with van der Waals surface area (Å²) < 4.78 is 2.44. The van der Waals surface area contributed by atoms with Crippen LogP contribution in [-0.2, 0) is 16.2 Å². The molecule has 0 aliphatic carbocycles. The van der Waals surface area contributed by atoms with Gasteiger partial charge >= 0.3 is 0 Å². The lowest BCUT2D eigenvalue weighted by Crippen LogP contribution is -2.25. The average molecular weight is 578 g/mol. The Bertz CT molecular complexity index is 1760. The van der Waals surface area contributed by atoms with E-state index in [1.165, 1.54) is 44.4 Å². The first kappa shape index (κ1) is 30.4. The van der Waals surface area contributed by atoms with Crippen LogP contribution in [0.3, 0.4) is 0 Å². The average Bonchev–Trinajstić information content (AvgIpc) is 3.21. The van der Waals surface area contributed by atoms with Crippen LogP contribution in [0.1, 0.15) is 99.3 Å². The van der Waals surface area contributed by atoms with Crippen LogP contribution < -0.4 is 0 Å². The van der Waals surface area contributed by atoms with Gasteiger partial charge in [-0.05, 0) is 86.2 Å². The van der Waals surface area contributed by atoms with Crippen LogP contribution in [0, 0.1) is 5.41 Å². The topological polar surface area (TPSA) is 4.93 Å². The highest BCUT2D eigenvalue weighted by Gasteiger charge is 2.29. The molecular formula is C40H48ClN. The van der Waals surface area contributed by atoms with Crippen molar-refractivity contribution >= 4 is 33.4 Å². The number of halogens is 1. The summed E-state index contributed by atoms with van der Waals surface area (Å²) in [5, 5.41) is 3.22. The molecule has 0 amide bonds. The minimum absolute atomic E-state index is 0.00694. The maximum absolute atomic E-state index is 7.36. The third-order valence-corrected chi connectivity index (χ3v) is 8.97. The van der Waals surface area contributed by atoms with Gasteiger partial charge in [-0.1, -0.05) is 136 Å². The molecule has 0 unspecified atom stereocenters. The van der Waals surface area contributed by atoms with Crippen molar-refractivity contribution in [3.8, 4) is 16.8 Å². The van der Waals surface area contributed by atoms with E-state index < -0.39 is 0 Å². The second-order valence-electron chi connectivity index (χ2n) is 16.1. The molecule has 1 aromatic heterocycles. The van der Waals surface area contributed by atoms with Gasteiger partial charge in [0.2, 0.25) is 0 Å². The molecule has 0 bridgehead atoms. The Labute approximate surface area is 258 Å². The molecule has 1 heterocycles. The summed E-state index contributed by atoms with van der Waals surface area (Å²) in [7, 11) is 0. The lowest BCUT2D eigenvalue weighted by molar-refractivity contribution is 0.284. The molecule has 0 aliphatic heterocycles. The normalized spacial score (nSPS) is 13.3. The Morgan fingerprint density at radius 1 is 0.595 bits per heavy atom. The maximum atomic E-state index is 7.36. The molecule has 0 radical (unpaired) electrons. The zero-order valence-corrected chi connectivity index (χ0v) is 28.3. The van der Waals surface area contributed by atoms with E-state index in [-0.39, 0.29) is 21.7 Å². The number of hydrogen-bond acceptors (Lipinski definition) is 0. The minimum Gasteiger partial charge on any atom is -0.309 e. The summed E-state index contributed by atoms with van der Waals surface area (Å²) in [4.78, 5) is 0. The smallest absolute Gasteiger partial charge is 0.0556 e. The van der Waals surface area contributed by atoms with E-state index in [9.17, 15) is 0 Å². The van der Waals surface area contributed by atoms with Crippen molar-refractivity contribution in [2.45, 2.75) is 98.8 Å². The van der Waals surface area contributed by atoms with E-state index in [0.29, 0.717) is 0 Å². The van der Waals surface area contributed by atoms with Crippen LogP contribution in [0.25, 0.3) is 38.6 Å². The van der Waals surface area contributed by atoms with Crippen molar-refractivity contribution in [2.75, 3.05) is 0 Å². The quantitative estimate of drug-likeness (QED) is 0.200. The molecule has 0 aliphatic rings. The van der Waals surface area contributed by atoms with Crippen LogP contribution in [0.4, 0.5) is 0 Å². The zero-order valence-electron chi connectivity index (χ0n) is 27.5. The molecule has 0 saturated heterocycles. The van der Waals surface area contributed by atoms with Crippen molar-refractivity contribution in [1.29, 1.82) is 0 Å². The first-order chi connectivity index (χ1) is 19.4. The van der Waals surface area contributed by atoms with E-state index in [0.717, 1.165) is 22.3 Å². The molecule has 0 fully saturated rings. The minimum atomic E-state index is -0.0568. The Morgan fingerprint density at radius 2 is 1.24 bits per heavy atom. The van der Waals surface area contributed by atoms with Crippen molar-refractivity contribution in [2.24, 2.45) is 5.41 Å². The number of benzene rings is 4. The van der Waals surface area contributed by atoms with E-state index >= 15 is 0 Å². The van der Waals surface area contributed by atoms with Gasteiger partial charge in [-0.15, -0.1) is 0 Å². The predicted molar refractivity (Wildman–Crippen MR) is 186 cm³/mol. The molecule has 0 saturated carbocycles. The number of rotatable bonds is 4. The van der Waals surface area contributed by atoms with Crippen molar-refractivity contribution in [1.82, 2.24) is 4.57 Å². The first-order valence-electron chi connectivity index (χ1n) is 15.4. The standard InChI is InChI=1S/C40H48ClN/c1-37(2,3)25-40(10,11)29-21-27(26-15-13-12-14-16-26)22-30(23-29)42-33-19-17-28(38(4,5)6)24-31(33)35-34(42)20-18-32(36(35)41)39(7,8)9/h12-24H,25H2,1-11H3. The summed E-state index contributed by atoms with van der Waals surface area (Å²) in [5.41, 5.74) is 10.0. The number of nitrogens with zero attached hydrogens (tertiary/aromatic N) is 1. The highest BCUT2D eigenvalue weighted by atomic mass is 35.5. The molecule has 0 spiro atoms. The van der Waals surface area contributed by atoms with Gasteiger partial charge in [-0.25, -0.2) is 0 Å². The van der Waals surface area contributed by atoms with E-state index in [1.54, 1.807) is 0 Å². The summed E-state index contributed by atoms with van der Waals surface area (Å²) in [5.74, 6) is 0. The molecule has 2 heteroatoms. The molecule has 0 N–H and O–H groups in total. The third kappa shape index (κ3) is 5.78. The van der Waals surface area contributed by atoms with E-state index in [4.69, 9.17) is 11.6 Å². The Morgan fingerprint density at radius 3 is 1.83 bits per heavy atom. The fraction of sp³-hybridized carbons (Fsp3) is 0.400. The zero-order chi connectivity index (χ0) is 30.8. The summed E-state index contributed by atoms with van der Waals surface area (Å²) >= 11 is 7.36. The molecule has 5 aromatic rings. The van der Waals surface area contributed by atoms with Crippen molar-refractivity contribution in [3.05, 3.63) is 101 Å². The van der Waals surface area contributed by atoms with Gasteiger partial charge < -0.3 is 4.57 Å². The van der Waals surface area contributed by atoms with Crippen LogP contribution in [0.2, 0.25) is 5.02 Å². The van der Waals surface area contributed by atoms with Crippen LogP contribution >= 0.6 is 11.6 Å². The van der Waals surface area contributed by atoms with Crippen LogP contribution in [0.15, 0.2) is 78.9 Å². The Balaban J connectivity index is 1.90. The largest absolute Gasteiger partial charge is 0.309 e. The predicted octanol–water partition coefficient (Wildman–Crippen LogP) is 12.4. The lowest BCUT2D eigenvalue weighted by atomic mass is 9.72. The van der Waals surface area contributed by atoms with Crippen molar-refractivity contribution in [3.63, 3.8) is 0 Å². The lowest BCUT2D eigenvalue weighted by Gasteiger charge is -2.33. The summed E-state index contributed by atoms with van der Waals surface area (Å²) in [6, 6.07) is 29.4. The van der Waals surface area contributed by atoms with Gasteiger partial charge in [0.05, 0.1) is 16.1 Å². The second-order valence-corrected chi connectivity index (χ2v) is 16.5. The molecule has 220 valence electrons. The Kier molecular flexibility index (Phi) is 7.46. The molecule has 42 heavy (non-hydrogen) atoms.